The van der Waals surface area contributed by atoms with E-state index < -0.39 is 0 Å². The summed E-state index contributed by atoms with van der Waals surface area (Å²) in [5.74, 6) is 0.682. The molecule has 1 aromatic heterocycles. The molecule has 0 N–H and O–H groups in total. The highest BCUT2D eigenvalue weighted by molar-refractivity contribution is 9.10. The Morgan fingerprint density at radius 2 is 2.00 bits per heavy atom. The second kappa shape index (κ2) is 5.43. The first kappa shape index (κ1) is 14.5. The van der Waals surface area contributed by atoms with Crippen LogP contribution in [0.1, 0.15) is 17.0 Å². The van der Waals surface area contributed by atoms with Gasteiger partial charge in [0, 0.05) is 0 Å². The summed E-state index contributed by atoms with van der Waals surface area (Å²) in [5, 5.41) is 0. The van der Waals surface area contributed by atoms with Crippen LogP contribution in [0.2, 0.25) is 0 Å². The molecule has 0 radical (unpaired) electrons. The van der Waals surface area contributed by atoms with Crippen molar-refractivity contribution in [1.82, 2.24) is 9.55 Å². The fourth-order valence-corrected chi connectivity index (χ4v) is 3.16. The zero-order chi connectivity index (χ0) is 15.1. The highest BCUT2D eigenvalue weighted by Gasteiger charge is 2.16. The number of benzene rings is 2. The maximum Gasteiger partial charge on any atom is 0.139 e. The van der Waals surface area contributed by atoms with Crippen LogP contribution in [0.5, 0.6) is 0 Å². The Hall–Kier alpha value is -1.39. The van der Waals surface area contributed by atoms with Gasteiger partial charge in [-0.1, -0.05) is 12.1 Å². The lowest BCUT2D eigenvalue weighted by atomic mass is 10.1. The summed E-state index contributed by atoms with van der Waals surface area (Å²) in [5.41, 5.74) is 4.63. The van der Waals surface area contributed by atoms with E-state index in [1.54, 1.807) is 6.07 Å². The fourth-order valence-electron chi connectivity index (χ4n) is 2.52. The maximum absolute atomic E-state index is 14.0. The maximum atomic E-state index is 14.0. The monoisotopic (exact) mass is 366 g/mol. The number of hydrogen-bond donors (Lipinski definition) is 0. The Balaban J connectivity index is 2.39. The van der Waals surface area contributed by atoms with E-state index in [0.717, 1.165) is 27.8 Å². The van der Waals surface area contributed by atoms with Crippen LogP contribution in [0, 0.1) is 19.7 Å². The average molecular weight is 368 g/mol. The second-order valence-electron chi connectivity index (χ2n) is 4.99. The van der Waals surface area contributed by atoms with Crippen LogP contribution in [0.4, 0.5) is 4.39 Å². The molecule has 0 fully saturated rings. The largest absolute Gasteiger partial charge is 0.295 e. The topological polar surface area (TPSA) is 17.8 Å². The van der Waals surface area contributed by atoms with Gasteiger partial charge in [-0.25, -0.2) is 9.37 Å². The Morgan fingerprint density at radius 1 is 1.24 bits per heavy atom. The van der Waals surface area contributed by atoms with Gasteiger partial charge in [-0.15, -0.1) is 11.6 Å². The van der Waals surface area contributed by atoms with E-state index in [2.05, 4.69) is 20.9 Å². The van der Waals surface area contributed by atoms with Crippen LogP contribution in [0.3, 0.4) is 0 Å². The van der Waals surface area contributed by atoms with Gasteiger partial charge >= 0.3 is 0 Å². The number of halogens is 3. The summed E-state index contributed by atoms with van der Waals surface area (Å²) in [4.78, 5) is 4.60. The minimum Gasteiger partial charge on any atom is -0.295 e. The van der Waals surface area contributed by atoms with Gasteiger partial charge in [-0.05, 0) is 59.1 Å². The molecule has 0 saturated heterocycles. The Bertz CT molecular complexity index is 842. The number of nitrogens with zero attached hydrogens (tertiary/aromatic N) is 2. The van der Waals surface area contributed by atoms with Crippen LogP contribution < -0.4 is 0 Å². The molecule has 3 rings (SSSR count). The van der Waals surface area contributed by atoms with Gasteiger partial charge in [0.15, 0.2) is 0 Å². The lowest BCUT2D eigenvalue weighted by molar-refractivity contribution is 0.619. The molecule has 0 saturated carbocycles. The molecule has 3 aromatic rings. The van der Waals surface area contributed by atoms with Gasteiger partial charge in [-0.2, -0.15) is 0 Å². The summed E-state index contributed by atoms with van der Waals surface area (Å²) in [7, 11) is 0. The van der Waals surface area contributed by atoms with Crippen molar-refractivity contribution in [2.24, 2.45) is 0 Å². The van der Waals surface area contributed by atoms with Gasteiger partial charge < -0.3 is 0 Å². The standard InChI is InChI=1S/C16H13BrClFN2/c1-9-4-3-5-13-16(9)20-15(8-18)21(13)14-7-12(19)11(17)6-10(14)2/h3-7H,8H2,1-2H3. The third-order valence-corrected chi connectivity index (χ3v) is 4.40. The predicted octanol–water partition coefficient (Wildman–Crippen LogP) is 5.28. The Kier molecular flexibility index (Phi) is 3.76. The number of rotatable bonds is 2. The molecule has 1 heterocycles. The fraction of sp³-hybridized carbons (Fsp3) is 0.188. The number of hydrogen-bond acceptors (Lipinski definition) is 1. The van der Waals surface area contributed by atoms with Gasteiger partial charge in [0.1, 0.15) is 11.6 Å². The molecule has 21 heavy (non-hydrogen) atoms. The number of alkyl halides is 1. The Labute approximate surface area is 135 Å². The molecule has 2 aromatic carbocycles. The minimum atomic E-state index is -0.300. The minimum absolute atomic E-state index is 0.269. The molecule has 108 valence electrons. The normalized spacial score (nSPS) is 11.3. The molecule has 0 aliphatic carbocycles. The summed E-state index contributed by atoms with van der Waals surface area (Å²) in [6.45, 7) is 3.95. The van der Waals surface area contributed by atoms with Crippen LogP contribution >= 0.6 is 27.5 Å². The molecule has 0 atom stereocenters. The van der Waals surface area contributed by atoms with Crippen molar-refractivity contribution in [1.29, 1.82) is 0 Å². The molecule has 0 bridgehead atoms. The van der Waals surface area contributed by atoms with Crippen LogP contribution in [-0.4, -0.2) is 9.55 Å². The molecular formula is C16H13BrClFN2. The molecular weight excluding hydrogens is 355 g/mol. The number of aryl methyl sites for hydroxylation is 2. The first-order valence-electron chi connectivity index (χ1n) is 6.52. The van der Waals surface area contributed by atoms with E-state index in [1.165, 1.54) is 6.07 Å². The predicted molar refractivity (Wildman–Crippen MR) is 87.8 cm³/mol. The zero-order valence-corrected chi connectivity index (χ0v) is 14.0. The lowest BCUT2D eigenvalue weighted by Crippen LogP contribution is -2.02. The van der Waals surface area contributed by atoms with Crippen molar-refractivity contribution in [2.75, 3.05) is 0 Å². The molecule has 0 spiro atoms. The molecule has 5 heteroatoms. The summed E-state index contributed by atoms with van der Waals surface area (Å²) >= 11 is 9.26. The summed E-state index contributed by atoms with van der Waals surface area (Å²) in [6.07, 6.45) is 0. The molecule has 0 aliphatic heterocycles. The first-order chi connectivity index (χ1) is 10.0. The average Bonchev–Trinajstić information content (AvgIpc) is 2.83. The third-order valence-electron chi connectivity index (χ3n) is 3.56. The van der Waals surface area contributed by atoms with Gasteiger partial charge in [0.25, 0.3) is 0 Å². The highest BCUT2D eigenvalue weighted by atomic mass is 79.9. The van der Waals surface area contributed by atoms with Crippen LogP contribution in [0.25, 0.3) is 16.7 Å². The van der Waals surface area contributed by atoms with Crippen molar-refractivity contribution in [3.8, 4) is 5.69 Å². The van der Waals surface area contributed by atoms with Crippen molar-refractivity contribution >= 4 is 38.6 Å². The van der Waals surface area contributed by atoms with Crippen molar-refractivity contribution < 1.29 is 4.39 Å². The van der Waals surface area contributed by atoms with E-state index in [0.29, 0.717) is 10.3 Å². The van der Waals surface area contributed by atoms with Crippen molar-refractivity contribution in [3.63, 3.8) is 0 Å². The number of fused-ring (bicyclic) bond motifs is 1. The smallest absolute Gasteiger partial charge is 0.139 e. The number of imidazole rings is 1. The van der Waals surface area contributed by atoms with Crippen LogP contribution in [-0.2, 0) is 5.88 Å². The SMILES string of the molecule is Cc1cc(Br)c(F)cc1-n1c(CCl)nc2c(C)cccc21. The second-order valence-corrected chi connectivity index (χ2v) is 6.11. The van der Waals surface area contributed by atoms with E-state index in [4.69, 9.17) is 11.6 Å². The third kappa shape index (κ3) is 2.36. The molecule has 2 nitrogen and oxygen atoms in total. The Morgan fingerprint density at radius 3 is 2.71 bits per heavy atom. The number of para-hydroxylation sites is 1. The first-order valence-corrected chi connectivity index (χ1v) is 7.84. The van der Waals surface area contributed by atoms with Gasteiger partial charge in [0.05, 0.1) is 27.1 Å². The van der Waals surface area contributed by atoms with E-state index in [9.17, 15) is 4.39 Å². The molecule has 0 unspecified atom stereocenters. The number of aromatic nitrogens is 2. The molecule has 0 aliphatic rings. The van der Waals surface area contributed by atoms with Crippen LogP contribution in [0.15, 0.2) is 34.8 Å². The van der Waals surface area contributed by atoms with Gasteiger partial charge in [0.2, 0.25) is 0 Å². The lowest BCUT2D eigenvalue weighted by Gasteiger charge is -2.12. The quantitative estimate of drug-likeness (QED) is 0.563. The van der Waals surface area contributed by atoms with Gasteiger partial charge in [-0.3, -0.25) is 4.57 Å². The van der Waals surface area contributed by atoms with Crippen molar-refractivity contribution in [2.45, 2.75) is 19.7 Å². The highest BCUT2D eigenvalue weighted by Crippen LogP contribution is 2.29. The van der Waals surface area contributed by atoms with E-state index >= 15 is 0 Å². The summed E-state index contributed by atoms with van der Waals surface area (Å²) < 4.78 is 16.3. The zero-order valence-electron chi connectivity index (χ0n) is 11.6. The van der Waals surface area contributed by atoms with E-state index in [-0.39, 0.29) is 11.7 Å². The van der Waals surface area contributed by atoms with E-state index in [1.807, 2.05) is 36.6 Å². The molecule has 0 amide bonds. The van der Waals surface area contributed by atoms with Crippen molar-refractivity contribution in [3.05, 3.63) is 57.6 Å². The summed E-state index contributed by atoms with van der Waals surface area (Å²) in [6, 6.07) is 9.24.